The van der Waals surface area contributed by atoms with Crippen molar-refractivity contribution in [3.8, 4) is 11.6 Å². The van der Waals surface area contributed by atoms with E-state index in [2.05, 4.69) is 0 Å². The Hall–Kier alpha value is -1.65. The molecule has 78 valence electrons. The molecule has 0 bridgehead atoms. The van der Waals surface area contributed by atoms with Crippen molar-refractivity contribution in [1.82, 2.24) is 4.57 Å². The molecule has 1 rings (SSSR count). The fraction of sp³-hybridized carbons (Fsp3) is 0.444. The summed E-state index contributed by atoms with van der Waals surface area (Å²) in [6.45, 7) is 5.14. The van der Waals surface area contributed by atoms with E-state index in [1.165, 1.54) is 0 Å². The van der Waals surface area contributed by atoms with E-state index in [4.69, 9.17) is 9.84 Å². The molecule has 5 nitrogen and oxygen atoms in total. The normalized spacial score (nSPS) is 11.4. The highest BCUT2D eigenvalue weighted by Gasteiger charge is 2.20. The second-order valence-electron chi connectivity index (χ2n) is 3.91. The van der Waals surface area contributed by atoms with E-state index < -0.39 is 11.7 Å². The molecule has 0 spiro atoms. The van der Waals surface area contributed by atoms with Crippen LogP contribution >= 0.6 is 0 Å². The Kier molecular flexibility index (Phi) is 2.42. The van der Waals surface area contributed by atoms with Gasteiger partial charge in [0.25, 0.3) is 0 Å². The lowest BCUT2D eigenvalue weighted by molar-refractivity contribution is 0.0525. The Morgan fingerprint density at radius 2 is 2.00 bits per heavy atom. The number of aromatic nitrogens is 1. The zero-order valence-corrected chi connectivity index (χ0v) is 8.31. The highest BCUT2D eigenvalue weighted by Crippen LogP contribution is 2.21. The molecule has 0 saturated carbocycles. The van der Waals surface area contributed by atoms with Crippen LogP contribution in [0.25, 0.3) is 0 Å². The fourth-order valence-electron chi connectivity index (χ4n) is 0.895. The second kappa shape index (κ2) is 3.25. The Morgan fingerprint density at radius 1 is 1.43 bits per heavy atom. The van der Waals surface area contributed by atoms with Crippen molar-refractivity contribution in [2.75, 3.05) is 0 Å². The van der Waals surface area contributed by atoms with Gasteiger partial charge in [0.15, 0.2) is 0 Å². The van der Waals surface area contributed by atoms with E-state index in [1.807, 2.05) is 0 Å². The zero-order chi connectivity index (χ0) is 10.9. The predicted molar refractivity (Wildman–Crippen MR) is 49.4 cm³/mol. The largest absolute Gasteiger partial charge is 0.506 e. The van der Waals surface area contributed by atoms with Gasteiger partial charge in [0, 0.05) is 6.07 Å². The van der Waals surface area contributed by atoms with E-state index in [9.17, 15) is 9.90 Å². The predicted octanol–water partition coefficient (Wildman–Crippen LogP) is 1.68. The van der Waals surface area contributed by atoms with Gasteiger partial charge < -0.3 is 14.9 Å². The molecule has 1 aromatic heterocycles. The molecule has 0 atom stereocenters. The van der Waals surface area contributed by atoms with Crippen LogP contribution in [-0.4, -0.2) is 26.5 Å². The molecule has 14 heavy (non-hydrogen) atoms. The molecule has 5 heteroatoms. The summed E-state index contributed by atoms with van der Waals surface area (Å²) in [6.07, 6.45) is 0.360. The maximum absolute atomic E-state index is 11.4. The van der Waals surface area contributed by atoms with Crippen molar-refractivity contribution < 1.29 is 19.7 Å². The molecule has 0 aliphatic heterocycles. The number of ether oxygens (including phenoxy) is 1. The van der Waals surface area contributed by atoms with Crippen LogP contribution in [0.15, 0.2) is 12.3 Å². The van der Waals surface area contributed by atoms with E-state index in [0.717, 1.165) is 16.8 Å². The number of nitrogens with zero attached hydrogens (tertiary/aromatic N) is 1. The second-order valence-corrected chi connectivity index (χ2v) is 3.91. The minimum Gasteiger partial charge on any atom is -0.506 e. The number of carbonyl (C=O) groups is 1. The molecule has 0 aliphatic rings. The molecule has 0 amide bonds. The first-order chi connectivity index (χ1) is 6.29. The molecule has 1 heterocycles. The van der Waals surface area contributed by atoms with Crippen LogP contribution < -0.4 is 0 Å². The van der Waals surface area contributed by atoms with Gasteiger partial charge in [0.05, 0.1) is 6.20 Å². The van der Waals surface area contributed by atoms with Crippen molar-refractivity contribution >= 4 is 6.09 Å². The maximum Gasteiger partial charge on any atom is 0.421 e. The monoisotopic (exact) mass is 199 g/mol. The van der Waals surface area contributed by atoms with Crippen LogP contribution in [0.2, 0.25) is 0 Å². The van der Waals surface area contributed by atoms with Gasteiger partial charge in [-0.3, -0.25) is 0 Å². The van der Waals surface area contributed by atoms with Gasteiger partial charge in [0.2, 0.25) is 5.88 Å². The van der Waals surface area contributed by atoms with Gasteiger partial charge in [-0.15, -0.1) is 0 Å². The highest BCUT2D eigenvalue weighted by atomic mass is 16.6. The number of hydrogen-bond donors (Lipinski definition) is 2. The Bertz CT molecular complexity index is 348. The SMILES string of the molecule is CC(C)(C)OC(=O)n1cc(O)cc1O. The van der Waals surface area contributed by atoms with Crippen LogP contribution in [0.4, 0.5) is 4.79 Å². The van der Waals surface area contributed by atoms with Crippen molar-refractivity contribution in [1.29, 1.82) is 0 Å². The molecule has 0 unspecified atom stereocenters. The molecular weight excluding hydrogens is 186 g/mol. The summed E-state index contributed by atoms with van der Waals surface area (Å²) in [7, 11) is 0. The number of aromatic hydroxyl groups is 2. The third kappa shape index (κ3) is 2.42. The Balaban J connectivity index is 2.85. The van der Waals surface area contributed by atoms with Gasteiger partial charge in [-0.2, -0.15) is 0 Å². The Labute approximate surface area is 81.5 Å². The molecule has 0 aliphatic carbocycles. The lowest BCUT2D eigenvalue weighted by Gasteiger charge is -2.19. The first-order valence-electron chi connectivity index (χ1n) is 4.13. The van der Waals surface area contributed by atoms with Crippen molar-refractivity contribution in [2.24, 2.45) is 0 Å². The summed E-state index contributed by atoms with van der Waals surface area (Å²) < 4.78 is 5.80. The summed E-state index contributed by atoms with van der Waals surface area (Å²) in [5.74, 6) is -0.537. The minimum absolute atomic E-state index is 0.187. The van der Waals surface area contributed by atoms with Gasteiger partial charge in [-0.05, 0) is 20.8 Å². The lowest BCUT2D eigenvalue weighted by Crippen LogP contribution is -2.26. The highest BCUT2D eigenvalue weighted by molar-refractivity contribution is 5.73. The molecular formula is C9H13NO4. The Morgan fingerprint density at radius 3 is 2.36 bits per heavy atom. The van der Waals surface area contributed by atoms with E-state index in [-0.39, 0.29) is 11.6 Å². The number of carbonyl (C=O) groups excluding carboxylic acids is 1. The van der Waals surface area contributed by atoms with Gasteiger partial charge >= 0.3 is 6.09 Å². The van der Waals surface area contributed by atoms with E-state index in [0.29, 0.717) is 0 Å². The van der Waals surface area contributed by atoms with Crippen LogP contribution in [-0.2, 0) is 4.74 Å². The fourth-order valence-corrected chi connectivity index (χ4v) is 0.895. The lowest BCUT2D eigenvalue weighted by atomic mass is 10.2. The quantitative estimate of drug-likeness (QED) is 0.666. The van der Waals surface area contributed by atoms with Crippen molar-refractivity contribution in [2.45, 2.75) is 26.4 Å². The third-order valence-corrected chi connectivity index (χ3v) is 1.38. The molecule has 0 aromatic carbocycles. The van der Waals surface area contributed by atoms with Gasteiger partial charge in [-0.1, -0.05) is 0 Å². The first kappa shape index (κ1) is 10.4. The standard InChI is InChI=1S/C9H13NO4/c1-9(2,3)14-8(13)10-5-6(11)4-7(10)12/h4-5,11-12H,1-3H3. The zero-order valence-electron chi connectivity index (χ0n) is 8.31. The van der Waals surface area contributed by atoms with Crippen LogP contribution in [0, 0.1) is 0 Å². The van der Waals surface area contributed by atoms with E-state index >= 15 is 0 Å². The maximum atomic E-state index is 11.4. The van der Waals surface area contributed by atoms with Gasteiger partial charge in [0.1, 0.15) is 11.4 Å². The summed E-state index contributed by atoms with van der Waals surface area (Å²) in [6, 6.07) is 1.06. The average Bonchev–Trinajstić information content (AvgIpc) is 2.26. The summed E-state index contributed by atoms with van der Waals surface area (Å²) >= 11 is 0. The van der Waals surface area contributed by atoms with Crippen LogP contribution in [0.3, 0.4) is 0 Å². The topological polar surface area (TPSA) is 71.7 Å². The molecule has 0 fully saturated rings. The smallest absolute Gasteiger partial charge is 0.421 e. The molecule has 1 aromatic rings. The molecule has 0 radical (unpaired) electrons. The van der Waals surface area contributed by atoms with Crippen LogP contribution in [0.5, 0.6) is 11.6 Å². The van der Waals surface area contributed by atoms with Crippen molar-refractivity contribution in [3.05, 3.63) is 12.3 Å². The molecule has 2 N–H and O–H groups in total. The summed E-state index contributed by atoms with van der Waals surface area (Å²) in [5.41, 5.74) is -0.636. The van der Waals surface area contributed by atoms with Gasteiger partial charge in [-0.25, -0.2) is 9.36 Å². The average molecular weight is 199 g/mol. The third-order valence-electron chi connectivity index (χ3n) is 1.38. The first-order valence-corrected chi connectivity index (χ1v) is 4.13. The van der Waals surface area contributed by atoms with Crippen LogP contribution in [0.1, 0.15) is 20.8 Å². The number of hydrogen-bond acceptors (Lipinski definition) is 4. The summed E-state index contributed by atoms with van der Waals surface area (Å²) in [4.78, 5) is 11.4. The number of rotatable bonds is 0. The van der Waals surface area contributed by atoms with Crippen molar-refractivity contribution in [3.63, 3.8) is 0 Å². The van der Waals surface area contributed by atoms with E-state index in [1.54, 1.807) is 20.8 Å². The molecule has 0 saturated heterocycles. The summed E-state index contributed by atoms with van der Waals surface area (Å²) in [5, 5.41) is 18.2. The minimum atomic E-state index is -0.727.